The number of rotatable bonds is 4. The van der Waals surface area contributed by atoms with E-state index in [-0.39, 0.29) is 40.3 Å². The normalized spacial score (nSPS) is 11.1. The molecule has 0 unspecified atom stereocenters. The summed E-state index contributed by atoms with van der Waals surface area (Å²) in [7, 11) is 0. The molecule has 0 aliphatic rings. The number of aryl methyl sites for hydroxylation is 1. The molecule has 5 nitrogen and oxygen atoms in total. The van der Waals surface area contributed by atoms with Crippen LogP contribution in [0.3, 0.4) is 0 Å². The van der Waals surface area contributed by atoms with Gasteiger partial charge in [-0.05, 0) is 42.8 Å². The van der Waals surface area contributed by atoms with E-state index in [0.29, 0.717) is 21.6 Å². The summed E-state index contributed by atoms with van der Waals surface area (Å²) in [4.78, 5) is 25.0. The molecule has 0 radical (unpaired) electrons. The minimum atomic E-state index is -0.318. The van der Waals surface area contributed by atoms with Gasteiger partial charge in [-0.25, -0.2) is 0 Å². The van der Waals surface area contributed by atoms with Gasteiger partial charge in [0.1, 0.15) is 28.1 Å². The Morgan fingerprint density at radius 3 is 2.64 bits per heavy atom. The number of phenols is 1. The third-order valence-corrected chi connectivity index (χ3v) is 4.74. The molecule has 3 aromatic carbocycles. The molecule has 0 saturated heterocycles. The number of benzene rings is 3. The maximum absolute atomic E-state index is 12.7. The molecule has 28 heavy (non-hydrogen) atoms. The third-order valence-electron chi connectivity index (χ3n) is 4.49. The summed E-state index contributed by atoms with van der Waals surface area (Å²) in [6, 6.07) is 14.5. The molecule has 4 rings (SSSR count). The van der Waals surface area contributed by atoms with Crippen LogP contribution >= 0.6 is 11.6 Å². The van der Waals surface area contributed by atoms with Crippen LogP contribution in [0, 0.1) is 6.92 Å². The Labute approximate surface area is 164 Å². The molecule has 0 spiro atoms. The molecule has 1 heterocycles. The van der Waals surface area contributed by atoms with Gasteiger partial charge in [0.05, 0.1) is 5.39 Å². The number of ketones is 1. The van der Waals surface area contributed by atoms with Crippen molar-refractivity contribution in [2.24, 2.45) is 0 Å². The Morgan fingerprint density at radius 2 is 1.89 bits per heavy atom. The summed E-state index contributed by atoms with van der Waals surface area (Å²) in [6.45, 7) is 1.60. The first-order valence-corrected chi connectivity index (χ1v) is 8.92. The predicted molar refractivity (Wildman–Crippen MR) is 108 cm³/mol. The van der Waals surface area contributed by atoms with Crippen molar-refractivity contribution in [1.82, 2.24) is 0 Å². The van der Waals surface area contributed by atoms with E-state index in [4.69, 9.17) is 20.8 Å². The van der Waals surface area contributed by atoms with Crippen LogP contribution in [0.1, 0.15) is 15.9 Å². The molecule has 0 aliphatic heterocycles. The largest absolute Gasteiger partial charge is 0.507 e. The highest BCUT2D eigenvalue weighted by Crippen LogP contribution is 2.31. The first-order valence-electron chi connectivity index (χ1n) is 8.55. The molecule has 1 aromatic heterocycles. The van der Waals surface area contributed by atoms with Gasteiger partial charge >= 0.3 is 0 Å². The second-order valence-corrected chi connectivity index (χ2v) is 6.85. The van der Waals surface area contributed by atoms with Gasteiger partial charge < -0.3 is 14.3 Å². The van der Waals surface area contributed by atoms with Crippen molar-refractivity contribution >= 4 is 39.3 Å². The molecule has 0 amide bonds. The van der Waals surface area contributed by atoms with E-state index in [9.17, 15) is 14.7 Å². The number of carbonyl (C=O) groups excluding carboxylic acids is 1. The molecule has 4 aromatic rings. The highest BCUT2D eigenvalue weighted by Gasteiger charge is 2.15. The number of Topliss-reactive ketones (excluding diaryl/α,β-unsaturated/α-hetero) is 1. The van der Waals surface area contributed by atoms with E-state index in [1.165, 1.54) is 12.1 Å². The van der Waals surface area contributed by atoms with Gasteiger partial charge in [-0.3, -0.25) is 9.59 Å². The van der Waals surface area contributed by atoms with Gasteiger partial charge in [0.15, 0.2) is 12.4 Å². The Bertz CT molecular complexity index is 1270. The minimum absolute atomic E-state index is 0.0782. The van der Waals surface area contributed by atoms with Crippen LogP contribution < -0.4 is 10.2 Å². The second kappa shape index (κ2) is 7.02. The van der Waals surface area contributed by atoms with E-state index in [1.807, 2.05) is 13.0 Å². The lowest BCUT2D eigenvalue weighted by Gasteiger charge is -2.09. The number of para-hydroxylation sites is 1. The summed E-state index contributed by atoms with van der Waals surface area (Å²) in [5, 5.41) is 11.3. The minimum Gasteiger partial charge on any atom is -0.507 e. The molecule has 0 atom stereocenters. The fourth-order valence-corrected chi connectivity index (χ4v) is 3.17. The Hall–Kier alpha value is -3.31. The first kappa shape index (κ1) is 18.1. The molecule has 0 bridgehead atoms. The van der Waals surface area contributed by atoms with E-state index in [1.54, 1.807) is 36.4 Å². The Kier molecular flexibility index (Phi) is 4.53. The van der Waals surface area contributed by atoms with E-state index in [0.717, 1.165) is 5.56 Å². The maximum atomic E-state index is 12.7. The number of halogens is 1. The van der Waals surface area contributed by atoms with E-state index in [2.05, 4.69) is 0 Å². The first-order chi connectivity index (χ1) is 13.4. The third kappa shape index (κ3) is 3.21. The smallest absolute Gasteiger partial charge is 0.204 e. The lowest BCUT2D eigenvalue weighted by atomic mass is 10.1. The van der Waals surface area contributed by atoms with Crippen LogP contribution in [0.5, 0.6) is 11.5 Å². The van der Waals surface area contributed by atoms with Crippen molar-refractivity contribution < 1.29 is 19.1 Å². The van der Waals surface area contributed by atoms with Crippen LogP contribution in [-0.4, -0.2) is 17.5 Å². The van der Waals surface area contributed by atoms with Gasteiger partial charge in [-0.1, -0.05) is 23.7 Å². The number of fused-ring (bicyclic) bond motifs is 2. The zero-order valence-corrected chi connectivity index (χ0v) is 15.6. The van der Waals surface area contributed by atoms with Crippen molar-refractivity contribution in [3.8, 4) is 11.5 Å². The van der Waals surface area contributed by atoms with Crippen LogP contribution in [-0.2, 0) is 0 Å². The number of aromatic hydroxyl groups is 1. The zero-order chi connectivity index (χ0) is 19.8. The van der Waals surface area contributed by atoms with Crippen LogP contribution in [0.25, 0.3) is 21.9 Å². The standard InChI is InChI=1S/C22H15ClO5/c1-12-3-2-4-16-21(26)20-17(24)9-15(10-19(20)28-22(12)16)27-11-18(25)13-5-7-14(23)8-6-13/h2-10,24H,11H2,1H3. The van der Waals surface area contributed by atoms with Crippen molar-refractivity contribution in [1.29, 1.82) is 0 Å². The number of ether oxygens (including phenoxy) is 1. The molecule has 1 N–H and O–H groups in total. The van der Waals surface area contributed by atoms with Crippen LogP contribution in [0.2, 0.25) is 5.02 Å². The van der Waals surface area contributed by atoms with Gasteiger partial charge in [0.25, 0.3) is 0 Å². The van der Waals surface area contributed by atoms with Crippen molar-refractivity contribution in [3.63, 3.8) is 0 Å². The average molecular weight is 395 g/mol. The highest BCUT2D eigenvalue weighted by molar-refractivity contribution is 6.30. The maximum Gasteiger partial charge on any atom is 0.204 e. The number of phenolic OH excluding ortho intramolecular Hbond substituents is 1. The molecule has 6 heteroatoms. The molecular weight excluding hydrogens is 380 g/mol. The van der Waals surface area contributed by atoms with Crippen molar-refractivity contribution in [2.45, 2.75) is 6.92 Å². The Morgan fingerprint density at radius 1 is 1.14 bits per heavy atom. The average Bonchev–Trinajstić information content (AvgIpc) is 2.67. The van der Waals surface area contributed by atoms with Gasteiger partial charge in [0, 0.05) is 22.7 Å². The lowest BCUT2D eigenvalue weighted by molar-refractivity contribution is 0.0921. The van der Waals surface area contributed by atoms with Crippen molar-refractivity contribution in [3.05, 3.63) is 81.0 Å². The summed E-state index contributed by atoms with van der Waals surface area (Å²) < 4.78 is 11.4. The van der Waals surface area contributed by atoms with E-state index < -0.39 is 0 Å². The van der Waals surface area contributed by atoms with Crippen LogP contribution in [0.15, 0.2) is 63.8 Å². The molecule has 0 saturated carbocycles. The van der Waals surface area contributed by atoms with Gasteiger partial charge in [-0.15, -0.1) is 0 Å². The summed E-state index contributed by atoms with van der Waals surface area (Å²) in [5.74, 6) is -0.279. The van der Waals surface area contributed by atoms with Gasteiger partial charge in [-0.2, -0.15) is 0 Å². The van der Waals surface area contributed by atoms with Gasteiger partial charge in [0.2, 0.25) is 5.43 Å². The topological polar surface area (TPSA) is 76.7 Å². The quantitative estimate of drug-likeness (QED) is 0.394. The predicted octanol–water partition coefficient (Wildman–Crippen LogP) is 4.88. The highest BCUT2D eigenvalue weighted by atomic mass is 35.5. The molecule has 0 aliphatic carbocycles. The fourth-order valence-electron chi connectivity index (χ4n) is 3.05. The molecule has 0 fully saturated rings. The lowest BCUT2D eigenvalue weighted by Crippen LogP contribution is -2.11. The summed E-state index contributed by atoms with van der Waals surface area (Å²) >= 11 is 5.82. The number of hydrogen-bond acceptors (Lipinski definition) is 5. The second-order valence-electron chi connectivity index (χ2n) is 6.42. The summed E-state index contributed by atoms with van der Waals surface area (Å²) in [5.41, 5.74) is 1.60. The Balaban J connectivity index is 1.70. The SMILES string of the molecule is Cc1cccc2c(=O)c3c(O)cc(OCC(=O)c4ccc(Cl)cc4)cc3oc12. The monoisotopic (exact) mass is 394 g/mol. The number of hydrogen-bond donors (Lipinski definition) is 1. The zero-order valence-electron chi connectivity index (χ0n) is 14.9. The van der Waals surface area contributed by atoms with Crippen molar-refractivity contribution in [2.75, 3.05) is 6.61 Å². The summed E-state index contributed by atoms with van der Waals surface area (Å²) in [6.07, 6.45) is 0. The molecule has 140 valence electrons. The fraction of sp³-hybridized carbons (Fsp3) is 0.0909. The van der Waals surface area contributed by atoms with Crippen LogP contribution in [0.4, 0.5) is 0 Å². The van der Waals surface area contributed by atoms with E-state index >= 15 is 0 Å². The molecular formula is C22H15ClO5. The number of carbonyl (C=O) groups is 1.